The van der Waals surface area contributed by atoms with Gasteiger partial charge < -0.3 is 15.1 Å². The van der Waals surface area contributed by atoms with Crippen molar-refractivity contribution in [3.05, 3.63) is 29.8 Å². The molecule has 0 fully saturated rings. The highest BCUT2D eigenvalue weighted by Gasteiger charge is 2.13. The topological polar surface area (TPSA) is 60.8 Å². The number of benzene rings is 1. The van der Waals surface area contributed by atoms with E-state index in [1.165, 1.54) is 11.0 Å². The molecular weight excluding hydrogens is 182 g/mol. The zero-order chi connectivity index (χ0) is 10.6. The standard InChI is InChI=1S/C10H13NO3/c1-11(6-7-12)10(14)8-4-2-3-5-9(8)13/h2-5,12-13H,6-7H2,1H3. The second-order valence-electron chi connectivity index (χ2n) is 2.97. The fourth-order valence-electron chi connectivity index (χ4n) is 1.11. The van der Waals surface area contributed by atoms with Crippen LogP contribution in [0.4, 0.5) is 0 Å². The van der Waals surface area contributed by atoms with Crippen molar-refractivity contribution in [2.45, 2.75) is 0 Å². The normalized spacial score (nSPS) is 9.86. The van der Waals surface area contributed by atoms with Gasteiger partial charge in [0.1, 0.15) is 5.75 Å². The Hall–Kier alpha value is -1.55. The van der Waals surface area contributed by atoms with Crippen molar-refractivity contribution in [3.8, 4) is 5.75 Å². The van der Waals surface area contributed by atoms with E-state index in [1.807, 2.05) is 0 Å². The highest BCUT2D eigenvalue weighted by atomic mass is 16.3. The number of aliphatic hydroxyl groups excluding tert-OH is 1. The molecule has 1 aromatic rings. The van der Waals surface area contributed by atoms with Gasteiger partial charge >= 0.3 is 0 Å². The third-order valence-electron chi connectivity index (χ3n) is 1.92. The monoisotopic (exact) mass is 195 g/mol. The first-order valence-corrected chi connectivity index (χ1v) is 4.31. The van der Waals surface area contributed by atoms with Gasteiger partial charge in [-0.15, -0.1) is 0 Å². The average Bonchev–Trinajstić information content (AvgIpc) is 2.18. The minimum Gasteiger partial charge on any atom is -0.507 e. The number of aliphatic hydroxyl groups is 1. The molecule has 0 aliphatic heterocycles. The molecule has 0 spiro atoms. The molecule has 4 heteroatoms. The Kier molecular flexibility index (Phi) is 3.48. The maximum absolute atomic E-state index is 11.6. The SMILES string of the molecule is CN(CCO)C(=O)c1ccccc1O. The van der Waals surface area contributed by atoms with Crippen LogP contribution >= 0.6 is 0 Å². The molecule has 0 aliphatic rings. The van der Waals surface area contributed by atoms with Gasteiger partial charge in [-0.25, -0.2) is 0 Å². The second kappa shape index (κ2) is 4.62. The predicted octanol–water partition coefficient (Wildman–Crippen LogP) is 0.456. The number of rotatable bonds is 3. The van der Waals surface area contributed by atoms with Gasteiger partial charge in [0.05, 0.1) is 12.2 Å². The Labute approximate surface area is 82.4 Å². The van der Waals surface area contributed by atoms with E-state index in [2.05, 4.69) is 0 Å². The second-order valence-corrected chi connectivity index (χ2v) is 2.97. The van der Waals surface area contributed by atoms with Gasteiger partial charge in [0.15, 0.2) is 0 Å². The summed E-state index contributed by atoms with van der Waals surface area (Å²) in [5, 5.41) is 18.0. The number of hydrogen-bond acceptors (Lipinski definition) is 3. The van der Waals surface area contributed by atoms with Crippen LogP contribution in [-0.4, -0.2) is 41.2 Å². The van der Waals surface area contributed by atoms with E-state index in [0.717, 1.165) is 0 Å². The van der Waals surface area contributed by atoms with Crippen molar-refractivity contribution < 1.29 is 15.0 Å². The van der Waals surface area contributed by atoms with Crippen LogP contribution in [0.5, 0.6) is 5.75 Å². The van der Waals surface area contributed by atoms with Crippen LogP contribution < -0.4 is 0 Å². The number of nitrogens with zero attached hydrogens (tertiary/aromatic N) is 1. The first-order chi connectivity index (χ1) is 6.66. The van der Waals surface area contributed by atoms with E-state index in [0.29, 0.717) is 0 Å². The molecule has 1 rings (SSSR count). The van der Waals surface area contributed by atoms with Gasteiger partial charge in [-0.2, -0.15) is 0 Å². The summed E-state index contributed by atoms with van der Waals surface area (Å²) in [6, 6.07) is 6.34. The molecule has 0 heterocycles. The molecule has 1 aromatic carbocycles. The summed E-state index contributed by atoms with van der Waals surface area (Å²) in [5.74, 6) is -0.334. The van der Waals surface area contributed by atoms with Crippen LogP contribution in [0, 0.1) is 0 Å². The van der Waals surface area contributed by atoms with Gasteiger partial charge in [-0.1, -0.05) is 12.1 Å². The highest BCUT2D eigenvalue weighted by molar-refractivity contribution is 5.96. The molecule has 0 unspecified atom stereocenters. The Morgan fingerprint density at radius 2 is 2.07 bits per heavy atom. The first-order valence-electron chi connectivity index (χ1n) is 4.31. The minimum absolute atomic E-state index is 0.0395. The van der Waals surface area contributed by atoms with Gasteiger partial charge in [0.2, 0.25) is 0 Å². The number of likely N-dealkylation sites (N-methyl/N-ethyl adjacent to an activating group) is 1. The fourth-order valence-corrected chi connectivity index (χ4v) is 1.11. The Balaban J connectivity index is 2.84. The Morgan fingerprint density at radius 1 is 1.43 bits per heavy atom. The summed E-state index contributed by atoms with van der Waals surface area (Å²) in [6.45, 7) is 0.170. The summed E-state index contributed by atoms with van der Waals surface area (Å²) in [4.78, 5) is 13.0. The highest BCUT2D eigenvalue weighted by Crippen LogP contribution is 2.16. The first kappa shape index (κ1) is 10.5. The molecule has 14 heavy (non-hydrogen) atoms. The van der Waals surface area contributed by atoms with Crippen LogP contribution in [0.1, 0.15) is 10.4 Å². The molecular formula is C10H13NO3. The molecule has 0 saturated carbocycles. The van der Waals surface area contributed by atoms with Crippen LogP contribution in [0.15, 0.2) is 24.3 Å². The van der Waals surface area contributed by atoms with E-state index in [1.54, 1.807) is 25.2 Å². The maximum atomic E-state index is 11.6. The number of carbonyl (C=O) groups excluding carboxylic acids is 1. The lowest BCUT2D eigenvalue weighted by molar-refractivity contribution is 0.0764. The number of aromatic hydroxyl groups is 1. The molecule has 76 valence electrons. The summed E-state index contributed by atoms with van der Waals surface area (Å²) in [5.41, 5.74) is 0.253. The van der Waals surface area contributed by atoms with Crippen LogP contribution in [-0.2, 0) is 0 Å². The van der Waals surface area contributed by atoms with Crippen molar-refractivity contribution in [2.75, 3.05) is 20.2 Å². The summed E-state index contributed by atoms with van der Waals surface area (Å²) < 4.78 is 0. The number of phenolic OH excluding ortho intramolecular Hbond substituents is 1. The molecule has 4 nitrogen and oxygen atoms in total. The minimum atomic E-state index is -0.294. The molecule has 0 saturated heterocycles. The summed E-state index contributed by atoms with van der Waals surface area (Å²) >= 11 is 0. The van der Waals surface area contributed by atoms with Crippen LogP contribution in [0.25, 0.3) is 0 Å². The van der Waals surface area contributed by atoms with E-state index in [4.69, 9.17) is 5.11 Å². The average molecular weight is 195 g/mol. The van der Waals surface area contributed by atoms with Crippen molar-refractivity contribution in [1.29, 1.82) is 0 Å². The van der Waals surface area contributed by atoms with E-state index in [9.17, 15) is 9.90 Å². The molecule has 1 amide bonds. The number of carbonyl (C=O) groups is 1. The Morgan fingerprint density at radius 3 is 2.64 bits per heavy atom. The third kappa shape index (κ3) is 2.23. The molecule has 0 aromatic heterocycles. The maximum Gasteiger partial charge on any atom is 0.257 e. The van der Waals surface area contributed by atoms with Gasteiger partial charge in [0.25, 0.3) is 5.91 Å². The molecule has 0 atom stereocenters. The number of phenols is 1. The van der Waals surface area contributed by atoms with Gasteiger partial charge in [0, 0.05) is 13.6 Å². The quantitative estimate of drug-likeness (QED) is 0.736. The van der Waals surface area contributed by atoms with Gasteiger partial charge in [-0.05, 0) is 12.1 Å². The lowest BCUT2D eigenvalue weighted by Gasteiger charge is -2.15. The van der Waals surface area contributed by atoms with E-state index >= 15 is 0 Å². The Bertz CT molecular complexity index is 325. The lowest BCUT2D eigenvalue weighted by Crippen LogP contribution is -2.29. The van der Waals surface area contributed by atoms with Crippen molar-refractivity contribution >= 4 is 5.91 Å². The smallest absolute Gasteiger partial charge is 0.257 e. The fraction of sp³-hybridized carbons (Fsp3) is 0.300. The molecule has 0 radical (unpaired) electrons. The summed E-state index contributed by atoms with van der Waals surface area (Å²) in [7, 11) is 1.57. The van der Waals surface area contributed by atoms with Crippen molar-refractivity contribution in [1.82, 2.24) is 4.90 Å². The molecule has 2 N–H and O–H groups in total. The zero-order valence-corrected chi connectivity index (χ0v) is 7.97. The van der Waals surface area contributed by atoms with Crippen molar-refractivity contribution in [3.63, 3.8) is 0 Å². The molecule has 0 aliphatic carbocycles. The lowest BCUT2D eigenvalue weighted by atomic mass is 10.2. The zero-order valence-electron chi connectivity index (χ0n) is 7.97. The van der Waals surface area contributed by atoms with E-state index in [-0.39, 0.29) is 30.4 Å². The predicted molar refractivity (Wildman–Crippen MR) is 52.2 cm³/mol. The number of amides is 1. The summed E-state index contributed by atoms with van der Waals surface area (Å²) in [6.07, 6.45) is 0. The van der Waals surface area contributed by atoms with Crippen molar-refractivity contribution in [2.24, 2.45) is 0 Å². The van der Waals surface area contributed by atoms with E-state index < -0.39 is 0 Å². The molecule has 0 bridgehead atoms. The number of hydrogen-bond donors (Lipinski definition) is 2. The number of para-hydroxylation sites is 1. The van der Waals surface area contributed by atoms with Gasteiger partial charge in [-0.3, -0.25) is 4.79 Å². The van der Waals surface area contributed by atoms with Crippen LogP contribution in [0.2, 0.25) is 0 Å². The largest absolute Gasteiger partial charge is 0.507 e. The third-order valence-corrected chi connectivity index (χ3v) is 1.92. The van der Waals surface area contributed by atoms with Crippen LogP contribution in [0.3, 0.4) is 0 Å².